The Morgan fingerprint density at radius 2 is 1.32 bits per heavy atom. The number of nitrogens with zero attached hydrogens (tertiary/aromatic N) is 2. The molecule has 2 aliphatic heterocycles. The first-order chi connectivity index (χ1) is 22.6. The van der Waals surface area contributed by atoms with E-state index in [1.165, 1.54) is 37.9 Å². The van der Waals surface area contributed by atoms with Crippen LogP contribution >= 0.6 is 23.5 Å². The van der Waals surface area contributed by atoms with Gasteiger partial charge in [0.1, 0.15) is 0 Å². The molecule has 0 unspecified atom stereocenters. The van der Waals surface area contributed by atoms with Crippen LogP contribution < -0.4 is 27.2 Å². The Balaban J connectivity index is 0.00000196. The third-order valence-electron chi connectivity index (χ3n) is 7.58. The molecular formula is C37H45BrN3O4S2-. The maximum Gasteiger partial charge on any atom is 0.333 e. The summed E-state index contributed by atoms with van der Waals surface area (Å²) in [7, 11) is 1.99. The Morgan fingerprint density at radius 1 is 0.766 bits per heavy atom. The third kappa shape index (κ3) is 10.5. The first kappa shape index (κ1) is 38.4. The molecule has 0 atom stereocenters. The molecule has 0 radical (unpaired) electrons. The van der Waals surface area contributed by atoms with Gasteiger partial charge in [-0.2, -0.15) is 0 Å². The standard InChI is InChI=1S/C35H39N3O4S2.C2H6.BrH/c1-36-22-12-24-44-35(43-23-11-3-6-19-33(41)42-38-31(39)20-21-32(38)40)34-27-15-7-9-17-29(27)37(25-26-13-4-2-5-14-26)30-18-10-8-16-28(30)34;1-2;/h2,4-5,7-10,13-18,36H,3,6,11-12,19-25H2,1H3;1-2H3;1H/p-1. The van der Waals surface area contributed by atoms with Gasteiger partial charge in [-0.25, -0.2) is 4.79 Å². The zero-order valence-corrected chi connectivity index (χ0v) is 30.7. The van der Waals surface area contributed by atoms with Gasteiger partial charge in [0.15, 0.2) is 0 Å². The van der Waals surface area contributed by atoms with E-state index >= 15 is 0 Å². The van der Waals surface area contributed by atoms with E-state index in [9.17, 15) is 14.4 Å². The van der Waals surface area contributed by atoms with Crippen molar-refractivity contribution in [3.05, 3.63) is 99.8 Å². The number of carbonyl (C=O) groups excluding carboxylic acids is 3. The molecule has 0 aliphatic carbocycles. The van der Waals surface area contributed by atoms with Crippen LogP contribution in [-0.4, -0.2) is 47.9 Å². The van der Waals surface area contributed by atoms with Crippen LogP contribution in [0.25, 0.3) is 5.57 Å². The molecule has 1 saturated heterocycles. The second kappa shape index (κ2) is 20.3. The second-order valence-corrected chi connectivity index (χ2v) is 13.2. The van der Waals surface area contributed by atoms with Crippen molar-refractivity contribution in [2.75, 3.05) is 30.0 Å². The maximum atomic E-state index is 12.2. The molecule has 10 heteroatoms. The molecule has 0 aromatic heterocycles. The Labute approximate surface area is 298 Å². The summed E-state index contributed by atoms with van der Waals surface area (Å²) in [6.07, 6.45) is 3.92. The molecule has 0 bridgehead atoms. The Morgan fingerprint density at radius 3 is 1.91 bits per heavy atom. The van der Waals surface area contributed by atoms with E-state index in [4.69, 9.17) is 4.84 Å². The minimum absolute atomic E-state index is 0. The van der Waals surface area contributed by atoms with E-state index in [0.29, 0.717) is 11.5 Å². The minimum atomic E-state index is -0.528. The largest absolute Gasteiger partial charge is 1.00 e. The number of imide groups is 1. The fourth-order valence-electron chi connectivity index (χ4n) is 5.39. The number of nitrogens with one attached hydrogen (secondary N) is 1. The van der Waals surface area contributed by atoms with Crippen LogP contribution in [0.4, 0.5) is 11.4 Å². The molecule has 0 spiro atoms. The molecule has 2 aliphatic rings. The van der Waals surface area contributed by atoms with E-state index < -0.39 is 17.8 Å². The molecule has 3 aromatic carbocycles. The molecule has 1 fully saturated rings. The summed E-state index contributed by atoms with van der Waals surface area (Å²) in [6.45, 7) is 5.77. The summed E-state index contributed by atoms with van der Waals surface area (Å²) in [5.41, 5.74) is 7.49. The number of fused-ring (bicyclic) bond motifs is 2. The number of amides is 2. The topological polar surface area (TPSA) is 79.0 Å². The number of carbonyl (C=O) groups is 3. The third-order valence-corrected chi connectivity index (χ3v) is 10.2. The highest BCUT2D eigenvalue weighted by molar-refractivity contribution is 8.22. The first-order valence-corrected chi connectivity index (χ1v) is 18.2. The van der Waals surface area contributed by atoms with Gasteiger partial charge >= 0.3 is 5.97 Å². The lowest BCUT2D eigenvalue weighted by atomic mass is 9.91. The minimum Gasteiger partial charge on any atom is -1.00 e. The van der Waals surface area contributed by atoms with Crippen molar-refractivity contribution in [1.29, 1.82) is 0 Å². The summed E-state index contributed by atoms with van der Waals surface area (Å²) in [6, 6.07) is 28.1. The van der Waals surface area contributed by atoms with Gasteiger partial charge in [0.05, 0.1) is 0 Å². The van der Waals surface area contributed by atoms with Crippen LogP contribution in [0.15, 0.2) is 83.1 Å². The summed E-state index contributed by atoms with van der Waals surface area (Å²) >= 11 is 3.82. The Kier molecular flexibility index (Phi) is 16.6. The number of hydrogen-bond donors (Lipinski definition) is 1. The molecule has 5 rings (SSSR count). The van der Waals surface area contributed by atoms with Crippen molar-refractivity contribution >= 4 is 58.3 Å². The highest BCUT2D eigenvalue weighted by Crippen LogP contribution is 2.50. The number of anilines is 2. The number of rotatable bonds is 15. The highest BCUT2D eigenvalue weighted by Gasteiger charge is 2.33. The number of para-hydroxylation sites is 2. The van der Waals surface area contributed by atoms with Gasteiger partial charge in [0.25, 0.3) is 11.8 Å². The molecule has 0 saturated carbocycles. The van der Waals surface area contributed by atoms with Crippen LogP contribution in [0.1, 0.15) is 75.5 Å². The average molecular weight is 740 g/mol. The van der Waals surface area contributed by atoms with E-state index in [2.05, 4.69) is 89.1 Å². The van der Waals surface area contributed by atoms with Gasteiger partial charge < -0.3 is 32.0 Å². The normalized spacial score (nSPS) is 13.3. The maximum absolute atomic E-state index is 12.2. The molecule has 2 amide bonds. The Bertz CT molecular complexity index is 1440. The summed E-state index contributed by atoms with van der Waals surface area (Å²) in [5.74, 6) is 0.529. The molecule has 47 heavy (non-hydrogen) atoms. The van der Waals surface area contributed by atoms with Gasteiger partial charge in [-0.05, 0) is 62.1 Å². The van der Waals surface area contributed by atoms with Crippen molar-refractivity contribution in [2.24, 2.45) is 0 Å². The number of halogens is 1. The van der Waals surface area contributed by atoms with E-state index in [1.54, 1.807) is 0 Å². The van der Waals surface area contributed by atoms with Crippen LogP contribution in [0.5, 0.6) is 0 Å². The lowest BCUT2D eigenvalue weighted by Crippen LogP contribution is -3.00. The molecule has 3 aromatic rings. The first-order valence-electron chi connectivity index (χ1n) is 16.3. The smallest absolute Gasteiger partial charge is 0.333 e. The molecule has 1 N–H and O–H groups in total. The van der Waals surface area contributed by atoms with Gasteiger partial charge in [-0.1, -0.05) is 87.0 Å². The zero-order valence-electron chi connectivity index (χ0n) is 27.5. The number of hydroxylamine groups is 2. The van der Waals surface area contributed by atoms with Crippen LogP contribution in [0.3, 0.4) is 0 Å². The van der Waals surface area contributed by atoms with Gasteiger partial charge in [0, 0.05) is 58.1 Å². The number of unbranched alkanes of at least 4 members (excludes halogenated alkanes) is 2. The van der Waals surface area contributed by atoms with Gasteiger partial charge in [-0.15, -0.1) is 28.6 Å². The lowest BCUT2D eigenvalue weighted by molar-refractivity contribution is -0.197. The van der Waals surface area contributed by atoms with Crippen molar-refractivity contribution in [3.8, 4) is 0 Å². The molecule has 252 valence electrons. The molecule has 2 heterocycles. The summed E-state index contributed by atoms with van der Waals surface area (Å²) in [5, 5.41) is 3.89. The fraction of sp³-hybridized carbons (Fsp3) is 0.378. The van der Waals surface area contributed by atoms with Crippen molar-refractivity contribution in [3.63, 3.8) is 0 Å². The molecular weight excluding hydrogens is 694 g/mol. The zero-order chi connectivity index (χ0) is 32.7. The monoisotopic (exact) mass is 738 g/mol. The number of hydrogen-bond acceptors (Lipinski definition) is 8. The predicted molar refractivity (Wildman–Crippen MR) is 192 cm³/mol. The summed E-state index contributed by atoms with van der Waals surface area (Å²) < 4.78 is 1.32. The highest BCUT2D eigenvalue weighted by atomic mass is 79.9. The lowest BCUT2D eigenvalue weighted by Gasteiger charge is -2.35. The SMILES string of the molecule is CC.CNCCCSC(SCCCCCC(=O)ON1C(=O)CCC1=O)=C1c2ccccc2N(Cc2ccccc2)c2ccccc21.[Br-]. The Hall–Kier alpha value is -3.05. The van der Waals surface area contributed by atoms with Crippen molar-refractivity contribution in [2.45, 2.75) is 65.3 Å². The van der Waals surface area contributed by atoms with E-state index in [1.807, 2.05) is 44.4 Å². The van der Waals surface area contributed by atoms with E-state index in [-0.39, 0.29) is 36.2 Å². The molecule has 7 nitrogen and oxygen atoms in total. The quantitative estimate of drug-likeness (QED) is 0.166. The average Bonchev–Trinajstić information content (AvgIpc) is 3.41. The fourth-order valence-corrected chi connectivity index (χ4v) is 7.96. The van der Waals surface area contributed by atoms with Crippen LogP contribution in [0.2, 0.25) is 0 Å². The number of thioether (sulfide) groups is 2. The van der Waals surface area contributed by atoms with Crippen LogP contribution in [-0.2, 0) is 25.8 Å². The van der Waals surface area contributed by atoms with Crippen molar-refractivity contribution < 1.29 is 36.2 Å². The predicted octanol–water partition coefficient (Wildman–Crippen LogP) is 5.33. The van der Waals surface area contributed by atoms with Crippen LogP contribution in [0, 0.1) is 0 Å². The van der Waals surface area contributed by atoms with Crippen molar-refractivity contribution in [1.82, 2.24) is 10.4 Å². The van der Waals surface area contributed by atoms with Gasteiger partial charge in [0.2, 0.25) is 0 Å². The van der Waals surface area contributed by atoms with E-state index in [0.717, 1.165) is 43.9 Å². The number of benzene rings is 3. The van der Waals surface area contributed by atoms with Gasteiger partial charge in [-0.3, -0.25) is 9.59 Å². The second-order valence-electron chi connectivity index (χ2n) is 10.8. The summed E-state index contributed by atoms with van der Waals surface area (Å²) in [4.78, 5) is 43.0.